The van der Waals surface area contributed by atoms with Crippen molar-refractivity contribution in [3.63, 3.8) is 0 Å². The van der Waals surface area contributed by atoms with Crippen LogP contribution >= 0.6 is 0 Å². The molecule has 1 heterocycles. The molecule has 1 unspecified atom stereocenters. The summed E-state index contributed by atoms with van der Waals surface area (Å²) in [6, 6.07) is 7.71. The number of amides is 1. The average Bonchev–Trinajstić information content (AvgIpc) is 2.99. The Balaban J connectivity index is 1.60. The van der Waals surface area contributed by atoms with Crippen LogP contribution in [0.3, 0.4) is 0 Å². The molecule has 4 nitrogen and oxygen atoms in total. The molecule has 1 N–H and O–H groups in total. The van der Waals surface area contributed by atoms with Gasteiger partial charge in [0.1, 0.15) is 5.75 Å². The molecule has 1 aliphatic heterocycles. The highest BCUT2D eigenvalue weighted by atomic mass is 16.5. The Kier molecular flexibility index (Phi) is 4.90. The van der Waals surface area contributed by atoms with Crippen LogP contribution in [-0.4, -0.2) is 30.3 Å². The summed E-state index contributed by atoms with van der Waals surface area (Å²) in [5.41, 5.74) is 0.508. The largest absolute Gasteiger partial charge is 0.490 e. The van der Waals surface area contributed by atoms with Gasteiger partial charge in [0.25, 0.3) is 5.91 Å². The Morgan fingerprint density at radius 1 is 1.26 bits per heavy atom. The van der Waals surface area contributed by atoms with Gasteiger partial charge in [-0.05, 0) is 70.6 Å². The Hall–Kier alpha value is -1.55. The molecule has 2 aliphatic rings. The molecule has 1 aromatic carbocycles. The lowest BCUT2D eigenvalue weighted by atomic mass is 9.94. The van der Waals surface area contributed by atoms with Crippen molar-refractivity contribution in [2.24, 2.45) is 0 Å². The highest BCUT2D eigenvalue weighted by Crippen LogP contribution is 2.26. The van der Waals surface area contributed by atoms with Crippen LogP contribution in [0.1, 0.15) is 62.7 Å². The maximum Gasteiger partial charge on any atom is 0.251 e. The van der Waals surface area contributed by atoms with Crippen LogP contribution in [0.5, 0.6) is 5.75 Å². The molecule has 0 spiro atoms. The quantitative estimate of drug-likeness (QED) is 0.921. The Bertz CT molecular complexity index is 549. The van der Waals surface area contributed by atoms with Gasteiger partial charge in [0.05, 0.1) is 11.7 Å². The van der Waals surface area contributed by atoms with E-state index in [0.29, 0.717) is 18.3 Å². The topological polar surface area (TPSA) is 47.6 Å². The van der Waals surface area contributed by atoms with Gasteiger partial charge in [0, 0.05) is 18.2 Å². The van der Waals surface area contributed by atoms with Crippen molar-refractivity contribution in [3.05, 3.63) is 29.8 Å². The summed E-state index contributed by atoms with van der Waals surface area (Å²) < 4.78 is 11.7. The van der Waals surface area contributed by atoms with Gasteiger partial charge >= 0.3 is 0 Å². The predicted molar refractivity (Wildman–Crippen MR) is 89.8 cm³/mol. The van der Waals surface area contributed by atoms with E-state index < -0.39 is 0 Å². The molecule has 0 aromatic heterocycles. The molecule has 23 heavy (non-hydrogen) atoms. The van der Waals surface area contributed by atoms with E-state index in [4.69, 9.17) is 9.47 Å². The van der Waals surface area contributed by atoms with E-state index in [2.05, 4.69) is 19.2 Å². The van der Waals surface area contributed by atoms with Crippen LogP contribution in [0.2, 0.25) is 0 Å². The van der Waals surface area contributed by atoms with E-state index in [-0.39, 0.29) is 17.6 Å². The second-order valence-corrected chi connectivity index (χ2v) is 7.32. The van der Waals surface area contributed by atoms with Gasteiger partial charge in [0.15, 0.2) is 0 Å². The molecular weight excluding hydrogens is 290 g/mol. The molecule has 1 aliphatic carbocycles. The Labute approximate surface area is 138 Å². The third-order valence-corrected chi connectivity index (χ3v) is 4.73. The SMILES string of the molecule is CC1(C)CC(NC(=O)c2cccc(OC3CCCC3)c2)CCO1. The first-order valence-corrected chi connectivity index (χ1v) is 8.73. The molecule has 1 amide bonds. The molecule has 1 aromatic rings. The zero-order valence-corrected chi connectivity index (χ0v) is 14.1. The molecule has 1 atom stereocenters. The van der Waals surface area contributed by atoms with E-state index in [9.17, 15) is 4.79 Å². The molecular formula is C19H27NO3. The Morgan fingerprint density at radius 2 is 2.04 bits per heavy atom. The molecule has 0 bridgehead atoms. The standard InChI is InChI=1S/C19H27NO3/c1-19(2)13-15(10-11-22-19)20-18(21)14-6-5-9-17(12-14)23-16-7-3-4-8-16/h5-6,9,12,15-16H,3-4,7-8,10-11,13H2,1-2H3,(H,20,21). The fourth-order valence-corrected chi connectivity index (χ4v) is 3.53. The molecule has 3 rings (SSSR count). The minimum atomic E-state index is -0.163. The second kappa shape index (κ2) is 6.91. The van der Waals surface area contributed by atoms with E-state index in [1.165, 1.54) is 12.8 Å². The number of nitrogens with one attached hydrogen (secondary N) is 1. The van der Waals surface area contributed by atoms with E-state index >= 15 is 0 Å². The van der Waals surface area contributed by atoms with Crippen LogP contribution in [0.15, 0.2) is 24.3 Å². The number of benzene rings is 1. The van der Waals surface area contributed by atoms with E-state index in [0.717, 1.165) is 31.4 Å². The van der Waals surface area contributed by atoms with Crippen LogP contribution in [0, 0.1) is 0 Å². The minimum absolute atomic E-state index is 0.0235. The van der Waals surface area contributed by atoms with Gasteiger partial charge in [-0.25, -0.2) is 0 Å². The number of hydrogen-bond donors (Lipinski definition) is 1. The fraction of sp³-hybridized carbons (Fsp3) is 0.632. The maximum absolute atomic E-state index is 12.5. The van der Waals surface area contributed by atoms with Gasteiger partial charge in [-0.3, -0.25) is 4.79 Å². The average molecular weight is 317 g/mol. The Morgan fingerprint density at radius 3 is 2.78 bits per heavy atom. The number of hydrogen-bond acceptors (Lipinski definition) is 3. The van der Waals surface area contributed by atoms with Gasteiger partial charge in [-0.1, -0.05) is 6.07 Å². The summed E-state index contributed by atoms with van der Waals surface area (Å²) >= 11 is 0. The molecule has 1 saturated heterocycles. The van der Waals surface area contributed by atoms with Crippen molar-refractivity contribution in [2.75, 3.05) is 6.61 Å². The summed E-state index contributed by atoms with van der Waals surface area (Å²) in [7, 11) is 0. The molecule has 2 fully saturated rings. The van der Waals surface area contributed by atoms with Crippen molar-refractivity contribution in [2.45, 2.75) is 70.1 Å². The number of rotatable bonds is 4. The van der Waals surface area contributed by atoms with Crippen LogP contribution < -0.4 is 10.1 Å². The summed E-state index contributed by atoms with van der Waals surface area (Å²) in [4.78, 5) is 12.5. The van der Waals surface area contributed by atoms with E-state index in [1.54, 1.807) is 0 Å². The smallest absolute Gasteiger partial charge is 0.251 e. The van der Waals surface area contributed by atoms with Crippen molar-refractivity contribution in [1.82, 2.24) is 5.32 Å². The van der Waals surface area contributed by atoms with Crippen LogP contribution in [0.4, 0.5) is 0 Å². The molecule has 1 saturated carbocycles. The first kappa shape index (κ1) is 16.3. The highest BCUT2D eigenvalue weighted by molar-refractivity contribution is 5.94. The second-order valence-electron chi connectivity index (χ2n) is 7.32. The lowest BCUT2D eigenvalue weighted by molar-refractivity contribution is -0.0615. The normalized spacial score (nSPS) is 24.3. The molecule has 126 valence electrons. The van der Waals surface area contributed by atoms with Crippen molar-refractivity contribution >= 4 is 5.91 Å². The first-order chi connectivity index (χ1) is 11.0. The van der Waals surface area contributed by atoms with Gasteiger partial charge in [-0.15, -0.1) is 0 Å². The van der Waals surface area contributed by atoms with Crippen molar-refractivity contribution in [1.29, 1.82) is 0 Å². The summed E-state index contributed by atoms with van der Waals surface area (Å²) in [5, 5.41) is 3.14. The number of ether oxygens (including phenoxy) is 2. The number of carbonyl (C=O) groups excluding carboxylic acids is 1. The fourth-order valence-electron chi connectivity index (χ4n) is 3.53. The summed E-state index contributed by atoms with van der Waals surface area (Å²) in [6.45, 7) is 4.84. The predicted octanol–water partition coefficient (Wildman–Crippen LogP) is 3.70. The summed E-state index contributed by atoms with van der Waals surface area (Å²) in [6.07, 6.45) is 6.74. The van der Waals surface area contributed by atoms with Gasteiger partial charge in [-0.2, -0.15) is 0 Å². The van der Waals surface area contributed by atoms with Crippen molar-refractivity contribution in [3.8, 4) is 5.75 Å². The number of carbonyl (C=O) groups is 1. The van der Waals surface area contributed by atoms with Crippen LogP contribution in [-0.2, 0) is 4.74 Å². The molecule has 0 radical (unpaired) electrons. The lowest BCUT2D eigenvalue weighted by Gasteiger charge is -2.35. The maximum atomic E-state index is 12.5. The monoisotopic (exact) mass is 317 g/mol. The molecule has 4 heteroatoms. The zero-order chi connectivity index (χ0) is 16.3. The minimum Gasteiger partial charge on any atom is -0.490 e. The van der Waals surface area contributed by atoms with Crippen molar-refractivity contribution < 1.29 is 14.3 Å². The first-order valence-electron chi connectivity index (χ1n) is 8.73. The third kappa shape index (κ3) is 4.47. The van der Waals surface area contributed by atoms with Gasteiger partial charge < -0.3 is 14.8 Å². The zero-order valence-electron chi connectivity index (χ0n) is 14.1. The third-order valence-electron chi connectivity index (χ3n) is 4.73. The van der Waals surface area contributed by atoms with Gasteiger partial charge in [0.2, 0.25) is 0 Å². The van der Waals surface area contributed by atoms with Crippen LogP contribution in [0.25, 0.3) is 0 Å². The summed E-state index contributed by atoms with van der Waals surface area (Å²) in [5.74, 6) is 0.779. The highest BCUT2D eigenvalue weighted by Gasteiger charge is 2.29. The van der Waals surface area contributed by atoms with E-state index in [1.807, 2.05) is 24.3 Å². The lowest BCUT2D eigenvalue weighted by Crippen LogP contribution is -2.45.